The van der Waals surface area contributed by atoms with Crippen LogP contribution in [0.4, 0.5) is 0 Å². The summed E-state index contributed by atoms with van der Waals surface area (Å²) < 4.78 is 0. The van der Waals surface area contributed by atoms with E-state index in [1.54, 1.807) is 11.3 Å². The van der Waals surface area contributed by atoms with Gasteiger partial charge < -0.3 is 4.90 Å². The molecule has 2 heterocycles. The Hall–Kier alpha value is -0.540. The molecule has 2 rings (SSSR count). The lowest BCUT2D eigenvalue weighted by atomic mass is 9.97. The van der Waals surface area contributed by atoms with E-state index in [9.17, 15) is 0 Å². The summed E-state index contributed by atoms with van der Waals surface area (Å²) in [5.41, 5.74) is 3.46. The second-order valence-corrected chi connectivity index (χ2v) is 5.68. The molecular weight excluding hydrogens is 186 g/mol. The molecule has 0 fully saturated rings. The first kappa shape index (κ1) is 11.0. The molecule has 0 amide bonds. The Morgan fingerprint density at radius 2 is 2.00 bits per heavy atom. The fraction of sp³-hybridized carbons (Fsp3) is 0.833. The largest absolute Gasteiger partial charge is 0.364 e. The second-order valence-electron chi connectivity index (χ2n) is 5.68. The van der Waals surface area contributed by atoms with Crippen LogP contribution in [0.15, 0.2) is 11.3 Å². The second kappa shape index (κ2) is 3.80. The zero-order valence-corrected chi connectivity index (χ0v) is 10.4. The van der Waals surface area contributed by atoms with Crippen molar-refractivity contribution in [3.63, 3.8) is 0 Å². The quantitative estimate of drug-likeness (QED) is 0.647. The fourth-order valence-electron chi connectivity index (χ4n) is 2.41. The van der Waals surface area contributed by atoms with Gasteiger partial charge in [-0.1, -0.05) is 0 Å². The monoisotopic (exact) mass is 209 g/mol. The van der Waals surface area contributed by atoms with Crippen LogP contribution in [-0.2, 0) is 0 Å². The number of nitrogens with one attached hydrogen (secondary N) is 1. The Morgan fingerprint density at radius 1 is 1.27 bits per heavy atom. The van der Waals surface area contributed by atoms with Crippen LogP contribution in [0.2, 0.25) is 0 Å². The van der Waals surface area contributed by atoms with Crippen LogP contribution in [0.1, 0.15) is 27.2 Å². The third kappa shape index (κ3) is 2.18. The number of hydrogen-bond acceptors (Lipinski definition) is 3. The third-order valence-corrected chi connectivity index (χ3v) is 3.53. The SMILES string of the molecule is CN1CNCC2=C1CN(C(C)(C)C)CC2. The molecule has 0 aromatic carbocycles. The molecule has 86 valence electrons. The number of hydrogen-bond donors (Lipinski definition) is 1. The summed E-state index contributed by atoms with van der Waals surface area (Å²) in [6.45, 7) is 11.3. The van der Waals surface area contributed by atoms with Crippen molar-refractivity contribution in [1.82, 2.24) is 15.1 Å². The maximum Gasteiger partial charge on any atom is 0.0678 e. The average molecular weight is 209 g/mol. The van der Waals surface area contributed by atoms with Gasteiger partial charge in [-0.2, -0.15) is 0 Å². The molecule has 2 aliphatic heterocycles. The highest BCUT2D eigenvalue weighted by Crippen LogP contribution is 2.26. The highest BCUT2D eigenvalue weighted by molar-refractivity contribution is 5.22. The summed E-state index contributed by atoms with van der Waals surface area (Å²) >= 11 is 0. The first-order valence-corrected chi connectivity index (χ1v) is 5.86. The zero-order valence-electron chi connectivity index (χ0n) is 10.4. The molecule has 0 saturated heterocycles. The van der Waals surface area contributed by atoms with Gasteiger partial charge in [0.25, 0.3) is 0 Å². The minimum absolute atomic E-state index is 0.296. The first-order valence-electron chi connectivity index (χ1n) is 5.86. The van der Waals surface area contributed by atoms with Gasteiger partial charge in [-0.25, -0.2) is 0 Å². The third-order valence-electron chi connectivity index (χ3n) is 3.53. The fourth-order valence-corrected chi connectivity index (χ4v) is 2.41. The van der Waals surface area contributed by atoms with Crippen molar-refractivity contribution in [1.29, 1.82) is 0 Å². The highest BCUT2D eigenvalue weighted by atomic mass is 15.3. The maximum absolute atomic E-state index is 3.44. The molecule has 0 bridgehead atoms. The highest BCUT2D eigenvalue weighted by Gasteiger charge is 2.29. The minimum Gasteiger partial charge on any atom is -0.364 e. The van der Waals surface area contributed by atoms with Crippen LogP contribution in [0.25, 0.3) is 0 Å². The molecule has 0 atom stereocenters. The Morgan fingerprint density at radius 3 is 2.67 bits per heavy atom. The molecule has 1 N–H and O–H groups in total. The van der Waals surface area contributed by atoms with Gasteiger partial charge in [0, 0.05) is 37.9 Å². The predicted octanol–water partition coefficient (Wildman–Crippen LogP) is 1.24. The molecule has 0 spiro atoms. The van der Waals surface area contributed by atoms with E-state index in [4.69, 9.17) is 0 Å². The number of likely N-dealkylation sites (N-methyl/N-ethyl adjacent to an activating group) is 1. The van der Waals surface area contributed by atoms with Crippen LogP contribution in [0, 0.1) is 0 Å². The Balaban J connectivity index is 2.15. The van der Waals surface area contributed by atoms with E-state index in [0.717, 1.165) is 19.8 Å². The molecule has 0 saturated carbocycles. The topological polar surface area (TPSA) is 18.5 Å². The van der Waals surface area contributed by atoms with E-state index >= 15 is 0 Å². The average Bonchev–Trinajstić information content (AvgIpc) is 2.16. The minimum atomic E-state index is 0.296. The number of rotatable bonds is 0. The van der Waals surface area contributed by atoms with E-state index in [1.807, 2.05) is 0 Å². The lowest BCUT2D eigenvalue weighted by molar-refractivity contribution is 0.123. The molecule has 0 aromatic heterocycles. The van der Waals surface area contributed by atoms with Crippen molar-refractivity contribution in [3.05, 3.63) is 11.3 Å². The molecule has 0 aromatic rings. The zero-order chi connectivity index (χ0) is 11.1. The van der Waals surface area contributed by atoms with Gasteiger partial charge in [-0.15, -0.1) is 0 Å². The lowest BCUT2D eigenvalue weighted by Gasteiger charge is -2.44. The van der Waals surface area contributed by atoms with Crippen LogP contribution < -0.4 is 5.32 Å². The van der Waals surface area contributed by atoms with Gasteiger partial charge in [0.15, 0.2) is 0 Å². The molecule has 3 nitrogen and oxygen atoms in total. The molecule has 2 aliphatic rings. The van der Waals surface area contributed by atoms with E-state index in [1.165, 1.54) is 13.0 Å². The van der Waals surface area contributed by atoms with Gasteiger partial charge in [-0.3, -0.25) is 10.2 Å². The van der Waals surface area contributed by atoms with Crippen LogP contribution >= 0.6 is 0 Å². The molecule has 0 unspecified atom stereocenters. The van der Waals surface area contributed by atoms with E-state index < -0.39 is 0 Å². The molecule has 3 heteroatoms. The van der Waals surface area contributed by atoms with Crippen LogP contribution in [-0.4, -0.2) is 48.7 Å². The summed E-state index contributed by atoms with van der Waals surface area (Å²) in [6.07, 6.45) is 1.23. The Kier molecular flexibility index (Phi) is 2.77. The molecular formula is C12H23N3. The summed E-state index contributed by atoms with van der Waals surface area (Å²) in [4.78, 5) is 4.93. The van der Waals surface area contributed by atoms with Crippen molar-refractivity contribution in [2.24, 2.45) is 0 Å². The van der Waals surface area contributed by atoms with E-state index in [2.05, 4.69) is 42.9 Å². The van der Waals surface area contributed by atoms with E-state index in [-0.39, 0.29) is 0 Å². The van der Waals surface area contributed by atoms with Crippen molar-refractivity contribution in [2.45, 2.75) is 32.7 Å². The van der Waals surface area contributed by atoms with Crippen molar-refractivity contribution >= 4 is 0 Å². The molecule has 15 heavy (non-hydrogen) atoms. The van der Waals surface area contributed by atoms with Crippen molar-refractivity contribution in [3.8, 4) is 0 Å². The lowest BCUT2D eigenvalue weighted by Crippen LogP contribution is -2.51. The molecule has 0 aliphatic carbocycles. The van der Waals surface area contributed by atoms with Crippen LogP contribution in [0.3, 0.4) is 0 Å². The smallest absolute Gasteiger partial charge is 0.0678 e. The number of nitrogens with zero attached hydrogens (tertiary/aromatic N) is 2. The van der Waals surface area contributed by atoms with Gasteiger partial charge in [0.2, 0.25) is 0 Å². The van der Waals surface area contributed by atoms with Crippen molar-refractivity contribution in [2.75, 3.05) is 33.4 Å². The Bertz CT molecular complexity index is 275. The summed E-state index contributed by atoms with van der Waals surface area (Å²) in [6, 6.07) is 0. The summed E-state index contributed by atoms with van der Waals surface area (Å²) in [5.74, 6) is 0. The maximum atomic E-state index is 3.44. The summed E-state index contributed by atoms with van der Waals surface area (Å²) in [7, 11) is 2.19. The normalized spacial score (nSPS) is 24.4. The van der Waals surface area contributed by atoms with Crippen molar-refractivity contribution < 1.29 is 0 Å². The van der Waals surface area contributed by atoms with Gasteiger partial charge >= 0.3 is 0 Å². The van der Waals surface area contributed by atoms with Crippen LogP contribution in [0.5, 0.6) is 0 Å². The van der Waals surface area contributed by atoms with Gasteiger partial charge in [0.1, 0.15) is 0 Å². The van der Waals surface area contributed by atoms with Gasteiger partial charge in [0.05, 0.1) is 6.67 Å². The predicted molar refractivity (Wildman–Crippen MR) is 63.6 cm³/mol. The summed E-state index contributed by atoms with van der Waals surface area (Å²) in [5, 5.41) is 3.44. The van der Waals surface area contributed by atoms with E-state index in [0.29, 0.717) is 5.54 Å². The molecule has 0 radical (unpaired) electrons. The first-order chi connectivity index (χ1) is 6.98. The standard InChI is InChI=1S/C12H23N3/c1-12(2,3)15-6-5-10-7-13-9-14(4)11(10)8-15/h13H,5-9H2,1-4H3. The Labute approximate surface area is 93.1 Å². The van der Waals surface area contributed by atoms with Gasteiger partial charge in [-0.05, 0) is 32.8 Å².